The fourth-order valence-electron chi connectivity index (χ4n) is 1.86. The summed E-state index contributed by atoms with van der Waals surface area (Å²) in [5.41, 5.74) is 0.308. The lowest BCUT2D eigenvalue weighted by Crippen LogP contribution is -2.26. The van der Waals surface area contributed by atoms with E-state index in [1.807, 2.05) is 6.07 Å². The van der Waals surface area contributed by atoms with E-state index in [2.05, 4.69) is 5.32 Å². The van der Waals surface area contributed by atoms with Crippen LogP contribution in [0.4, 0.5) is 0 Å². The van der Waals surface area contributed by atoms with E-state index < -0.39 is 10.0 Å². The lowest BCUT2D eigenvalue weighted by molar-refractivity contribution is 0.0953. The predicted octanol–water partition coefficient (Wildman–Crippen LogP) is 1.50. The highest BCUT2D eigenvalue weighted by Crippen LogP contribution is 2.14. The smallest absolute Gasteiger partial charge is 0.251 e. The van der Waals surface area contributed by atoms with Gasteiger partial charge in [0, 0.05) is 32.6 Å². The van der Waals surface area contributed by atoms with E-state index in [1.54, 1.807) is 24.5 Å². The molecular formula is C15H18N2O4S. The fourth-order valence-corrected chi connectivity index (χ4v) is 2.81. The molecule has 1 amide bonds. The van der Waals surface area contributed by atoms with Crippen LogP contribution >= 0.6 is 0 Å². The molecule has 0 saturated carbocycles. The topological polar surface area (TPSA) is 79.6 Å². The number of furan rings is 1. The molecule has 22 heavy (non-hydrogen) atoms. The van der Waals surface area contributed by atoms with Gasteiger partial charge in [0.15, 0.2) is 0 Å². The number of rotatable bonds is 6. The van der Waals surface area contributed by atoms with Gasteiger partial charge in [-0.25, -0.2) is 12.7 Å². The van der Waals surface area contributed by atoms with E-state index in [0.717, 1.165) is 10.1 Å². The molecule has 1 aromatic heterocycles. The van der Waals surface area contributed by atoms with E-state index >= 15 is 0 Å². The monoisotopic (exact) mass is 322 g/mol. The summed E-state index contributed by atoms with van der Waals surface area (Å²) in [4.78, 5) is 12.2. The molecule has 1 aromatic carbocycles. The Labute approximate surface area is 129 Å². The van der Waals surface area contributed by atoms with Gasteiger partial charge >= 0.3 is 0 Å². The Morgan fingerprint density at radius 3 is 2.64 bits per heavy atom. The Kier molecular flexibility index (Phi) is 4.99. The third-order valence-electron chi connectivity index (χ3n) is 3.11. The maximum atomic E-state index is 12.1. The van der Waals surface area contributed by atoms with E-state index in [4.69, 9.17) is 4.42 Å². The second kappa shape index (κ2) is 6.76. The SMILES string of the molecule is CN(C)S(=O)(=O)c1cccc(C(=O)NCCc2ccco2)c1. The Hall–Kier alpha value is -2.12. The van der Waals surface area contributed by atoms with Gasteiger partial charge in [0.25, 0.3) is 5.91 Å². The molecule has 1 N–H and O–H groups in total. The summed E-state index contributed by atoms with van der Waals surface area (Å²) in [6.45, 7) is 0.414. The first-order valence-corrected chi connectivity index (χ1v) is 8.18. The van der Waals surface area contributed by atoms with Crippen LogP contribution in [0.3, 0.4) is 0 Å². The zero-order chi connectivity index (χ0) is 16.2. The van der Waals surface area contributed by atoms with Gasteiger partial charge in [0.2, 0.25) is 10.0 Å². The molecule has 7 heteroatoms. The summed E-state index contributed by atoms with van der Waals surface area (Å²) in [5.74, 6) is 0.464. The zero-order valence-corrected chi connectivity index (χ0v) is 13.3. The van der Waals surface area contributed by atoms with Gasteiger partial charge < -0.3 is 9.73 Å². The third-order valence-corrected chi connectivity index (χ3v) is 4.92. The molecule has 0 spiro atoms. The largest absolute Gasteiger partial charge is 0.469 e. The molecular weight excluding hydrogens is 304 g/mol. The number of hydrogen-bond acceptors (Lipinski definition) is 4. The Balaban J connectivity index is 2.04. The number of sulfonamides is 1. The molecule has 0 bridgehead atoms. The van der Waals surface area contributed by atoms with Crippen LogP contribution in [0.5, 0.6) is 0 Å². The fraction of sp³-hybridized carbons (Fsp3) is 0.267. The van der Waals surface area contributed by atoms with E-state index in [-0.39, 0.29) is 10.8 Å². The van der Waals surface area contributed by atoms with Crippen LogP contribution in [0.1, 0.15) is 16.1 Å². The van der Waals surface area contributed by atoms with Gasteiger partial charge in [-0.15, -0.1) is 0 Å². The van der Waals surface area contributed by atoms with Crippen molar-refractivity contribution in [2.45, 2.75) is 11.3 Å². The highest BCUT2D eigenvalue weighted by Gasteiger charge is 2.18. The molecule has 1 heterocycles. The minimum absolute atomic E-state index is 0.0937. The second-order valence-corrected chi connectivity index (χ2v) is 7.05. The Bertz CT molecular complexity index is 737. The van der Waals surface area contributed by atoms with Crippen LogP contribution in [-0.4, -0.2) is 39.3 Å². The normalized spacial score (nSPS) is 11.6. The van der Waals surface area contributed by atoms with Crippen LogP contribution in [0.15, 0.2) is 52.0 Å². The van der Waals surface area contributed by atoms with Crippen molar-refractivity contribution in [1.82, 2.24) is 9.62 Å². The number of hydrogen-bond donors (Lipinski definition) is 1. The summed E-state index contributed by atoms with van der Waals surface area (Å²) < 4.78 is 30.4. The number of nitrogens with zero attached hydrogens (tertiary/aromatic N) is 1. The Morgan fingerprint density at radius 1 is 1.23 bits per heavy atom. The summed E-state index contributed by atoms with van der Waals surface area (Å²) in [5, 5.41) is 2.74. The molecule has 6 nitrogen and oxygen atoms in total. The summed E-state index contributed by atoms with van der Waals surface area (Å²) in [6.07, 6.45) is 2.15. The van der Waals surface area contributed by atoms with Crippen LogP contribution in [0.25, 0.3) is 0 Å². The zero-order valence-electron chi connectivity index (χ0n) is 12.4. The number of carbonyl (C=O) groups excluding carboxylic acids is 1. The Morgan fingerprint density at radius 2 is 2.00 bits per heavy atom. The van der Waals surface area contributed by atoms with E-state index in [9.17, 15) is 13.2 Å². The molecule has 2 aromatic rings. The molecule has 118 valence electrons. The van der Waals surface area contributed by atoms with Gasteiger partial charge in [0.1, 0.15) is 5.76 Å². The lowest BCUT2D eigenvalue weighted by Gasteiger charge is -2.12. The summed E-state index contributed by atoms with van der Waals surface area (Å²) in [6, 6.07) is 9.59. The molecule has 2 rings (SSSR count). The number of benzene rings is 1. The summed E-state index contributed by atoms with van der Waals surface area (Å²) >= 11 is 0. The molecule has 0 saturated heterocycles. The van der Waals surface area contributed by atoms with Gasteiger partial charge in [-0.3, -0.25) is 4.79 Å². The molecule has 0 fully saturated rings. The van der Waals surface area contributed by atoms with Crippen molar-refractivity contribution < 1.29 is 17.6 Å². The van der Waals surface area contributed by atoms with Gasteiger partial charge in [-0.1, -0.05) is 6.07 Å². The van der Waals surface area contributed by atoms with Gasteiger partial charge in [-0.05, 0) is 30.3 Å². The highest BCUT2D eigenvalue weighted by molar-refractivity contribution is 7.89. The van der Waals surface area contributed by atoms with Crippen molar-refractivity contribution in [2.24, 2.45) is 0 Å². The third kappa shape index (κ3) is 3.75. The first kappa shape index (κ1) is 16.3. The molecule has 0 aliphatic rings. The molecule has 0 aliphatic heterocycles. The number of nitrogens with one attached hydrogen (secondary N) is 1. The maximum absolute atomic E-state index is 12.1. The van der Waals surface area contributed by atoms with Crippen LogP contribution in [-0.2, 0) is 16.4 Å². The van der Waals surface area contributed by atoms with Crippen molar-refractivity contribution in [3.63, 3.8) is 0 Å². The quantitative estimate of drug-likeness (QED) is 0.874. The van der Waals surface area contributed by atoms with Crippen molar-refractivity contribution in [1.29, 1.82) is 0 Å². The van der Waals surface area contributed by atoms with Crippen LogP contribution < -0.4 is 5.32 Å². The van der Waals surface area contributed by atoms with Gasteiger partial charge in [-0.2, -0.15) is 0 Å². The number of amides is 1. The van der Waals surface area contributed by atoms with Crippen molar-refractivity contribution >= 4 is 15.9 Å². The average molecular weight is 322 g/mol. The molecule has 0 unspecified atom stereocenters. The van der Waals surface area contributed by atoms with E-state index in [1.165, 1.54) is 26.2 Å². The minimum Gasteiger partial charge on any atom is -0.469 e. The average Bonchev–Trinajstić information content (AvgIpc) is 3.00. The standard InChI is InChI=1S/C15H18N2O4S/c1-17(2)22(19,20)14-7-3-5-12(11-14)15(18)16-9-8-13-6-4-10-21-13/h3-7,10-11H,8-9H2,1-2H3,(H,16,18). The van der Waals surface area contributed by atoms with Crippen molar-refractivity contribution in [3.8, 4) is 0 Å². The van der Waals surface area contributed by atoms with Gasteiger partial charge in [0.05, 0.1) is 11.2 Å². The second-order valence-electron chi connectivity index (χ2n) is 4.90. The first-order valence-electron chi connectivity index (χ1n) is 6.74. The molecule has 0 aliphatic carbocycles. The molecule has 0 atom stereocenters. The minimum atomic E-state index is -3.55. The number of carbonyl (C=O) groups is 1. The first-order chi connectivity index (χ1) is 10.4. The van der Waals surface area contributed by atoms with Crippen molar-refractivity contribution in [2.75, 3.05) is 20.6 Å². The maximum Gasteiger partial charge on any atom is 0.251 e. The van der Waals surface area contributed by atoms with Crippen LogP contribution in [0.2, 0.25) is 0 Å². The molecule has 0 radical (unpaired) electrons. The van der Waals surface area contributed by atoms with Crippen molar-refractivity contribution in [3.05, 3.63) is 54.0 Å². The highest BCUT2D eigenvalue weighted by atomic mass is 32.2. The predicted molar refractivity (Wildman–Crippen MR) is 82.1 cm³/mol. The van der Waals surface area contributed by atoms with Crippen LogP contribution in [0, 0.1) is 0 Å². The summed E-state index contributed by atoms with van der Waals surface area (Å²) in [7, 11) is -0.651. The van der Waals surface area contributed by atoms with E-state index in [0.29, 0.717) is 18.5 Å². The lowest BCUT2D eigenvalue weighted by atomic mass is 10.2.